The van der Waals surface area contributed by atoms with E-state index in [1.807, 2.05) is 0 Å². The van der Waals surface area contributed by atoms with Gasteiger partial charge in [0.2, 0.25) is 0 Å². The van der Waals surface area contributed by atoms with Gasteiger partial charge < -0.3 is 10.4 Å². The first-order chi connectivity index (χ1) is 8.82. The van der Waals surface area contributed by atoms with Gasteiger partial charge in [-0.05, 0) is 30.2 Å². The second-order valence-corrected chi connectivity index (χ2v) is 4.54. The fourth-order valence-electron chi connectivity index (χ4n) is 1.53. The number of benzene rings is 1. The molecule has 19 heavy (non-hydrogen) atoms. The summed E-state index contributed by atoms with van der Waals surface area (Å²) in [7, 11) is 1.49. The Morgan fingerprint density at radius 1 is 1.26 bits per heavy atom. The Hall–Kier alpha value is -2.11. The molecule has 1 aromatic rings. The number of carboxylic acids is 1. The highest BCUT2D eigenvalue weighted by atomic mass is 19.1. The van der Waals surface area contributed by atoms with Gasteiger partial charge in [-0.2, -0.15) is 0 Å². The lowest BCUT2D eigenvalue weighted by atomic mass is 10.1. The number of amides is 2. The number of aliphatic carboxylic acids is 1. The minimum Gasteiger partial charge on any atom is -0.480 e. The number of halogens is 1. The molecule has 0 fully saturated rings. The lowest BCUT2D eigenvalue weighted by molar-refractivity contribution is -0.140. The van der Waals surface area contributed by atoms with Gasteiger partial charge in [0, 0.05) is 12.7 Å². The maximum absolute atomic E-state index is 12.8. The standard InChI is InChI=1S/C13H17FN2O3/c1-8(2)11(12(17)18)15-13(19)16(3)10-6-4-9(14)5-7-10/h4-8,11H,1-3H3,(H,15,19)(H,17,18). The van der Waals surface area contributed by atoms with Crippen LogP contribution in [0.15, 0.2) is 24.3 Å². The lowest BCUT2D eigenvalue weighted by Gasteiger charge is -2.23. The molecular weight excluding hydrogens is 251 g/mol. The number of carboxylic acid groups (broad SMARTS) is 1. The zero-order chi connectivity index (χ0) is 14.6. The van der Waals surface area contributed by atoms with Crippen LogP contribution in [0.2, 0.25) is 0 Å². The van der Waals surface area contributed by atoms with Crippen molar-refractivity contribution in [2.45, 2.75) is 19.9 Å². The molecule has 0 heterocycles. The predicted octanol–water partition coefficient (Wildman–Crippen LogP) is 2.08. The van der Waals surface area contributed by atoms with E-state index in [1.165, 1.54) is 36.2 Å². The van der Waals surface area contributed by atoms with Crippen molar-refractivity contribution in [2.24, 2.45) is 5.92 Å². The molecule has 0 aliphatic heterocycles. The minimum absolute atomic E-state index is 0.233. The van der Waals surface area contributed by atoms with Crippen LogP contribution >= 0.6 is 0 Å². The molecule has 2 amide bonds. The summed E-state index contributed by atoms with van der Waals surface area (Å²) in [6.07, 6.45) is 0. The summed E-state index contributed by atoms with van der Waals surface area (Å²) < 4.78 is 12.8. The van der Waals surface area contributed by atoms with Crippen LogP contribution in [0.25, 0.3) is 0 Å². The van der Waals surface area contributed by atoms with E-state index in [0.717, 1.165) is 0 Å². The number of nitrogens with one attached hydrogen (secondary N) is 1. The van der Waals surface area contributed by atoms with Crippen molar-refractivity contribution in [2.75, 3.05) is 11.9 Å². The molecule has 0 saturated carbocycles. The third kappa shape index (κ3) is 3.94. The Bertz CT molecular complexity index is 459. The number of nitrogens with zero attached hydrogens (tertiary/aromatic N) is 1. The molecule has 0 aliphatic rings. The monoisotopic (exact) mass is 268 g/mol. The molecular formula is C13H17FN2O3. The van der Waals surface area contributed by atoms with Crippen molar-refractivity contribution in [3.63, 3.8) is 0 Å². The van der Waals surface area contributed by atoms with Crippen LogP contribution in [-0.4, -0.2) is 30.2 Å². The molecule has 0 bridgehead atoms. The maximum Gasteiger partial charge on any atom is 0.326 e. The lowest BCUT2D eigenvalue weighted by Crippen LogP contribution is -2.49. The van der Waals surface area contributed by atoms with E-state index in [2.05, 4.69) is 5.32 Å². The van der Waals surface area contributed by atoms with Crippen LogP contribution in [0.5, 0.6) is 0 Å². The third-order valence-electron chi connectivity index (χ3n) is 2.73. The van der Waals surface area contributed by atoms with Crippen LogP contribution in [0.1, 0.15) is 13.8 Å². The fourth-order valence-corrected chi connectivity index (χ4v) is 1.53. The van der Waals surface area contributed by atoms with Gasteiger partial charge in [-0.1, -0.05) is 13.8 Å². The Morgan fingerprint density at radius 2 is 1.79 bits per heavy atom. The molecule has 1 atom stereocenters. The van der Waals surface area contributed by atoms with Crippen molar-refractivity contribution in [3.05, 3.63) is 30.1 Å². The highest BCUT2D eigenvalue weighted by molar-refractivity contribution is 5.94. The largest absolute Gasteiger partial charge is 0.480 e. The van der Waals surface area contributed by atoms with Crippen LogP contribution < -0.4 is 10.2 Å². The zero-order valence-corrected chi connectivity index (χ0v) is 11.1. The van der Waals surface area contributed by atoms with E-state index in [1.54, 1.807) is 13.8 Å². The van der Waals surface area contributed by atoms with E-state index in [0.29, 0.717) is 5.69 Å². The van der Waals surface area contributed by atoms with Gasteiger partial charge in [0.15, 0.2) is 0 Å². The van der Waals surface area contributed by atoms with Gasteiger partial charge >= 0.3 is 12.0 Å². The second-order valence-electron chi connectivity index (χ2n) is 4.54. The molecule has 1 aromatic carbocycles. The van der Waals surface area contributed by atoms with Crippen LogP contribution in [0.4, 0.5) is 14.9 Å². The van der Waals surface area contributed by atoms with Crippen molar-refractivity contribution in [1.29, 1.82) is 0 Å². The van der Waals surface area contributed by atoms with E-state index in [9.17, 15) is 14.0 Å². The number of hydrogen-bond acceptors (Lipinski definition) is 2. The van der Waals surface area contributed by atoms with Gasteiger partial charge in [0.25, 0.3) is 0 Å². The molecule has 6 heteroatoms. The molecule has 1 rings (SSSR count). The van der Waals surface area contributed by atoms with Gasteiger partial charge in [0.1, 0.15) is 11.9 Å². The summed E-state index contributed by atoms with van der Waals surface area (Å²) in [4.78, 5) is 24.1. The molecule has 5 nitrogen and oxygen atoms in total. The molecule has 1 unspecified atom stereocenters. The first-order valence-electron chi connectivity index (χ1n) is 5.85. The molecule has 0 aliphatic carbocycles. The molecule has 0 radical (unpaired) electrons. The van der Waals surface area contributed by atoms with Crippen LogP contribution in [-0.2, 0) is 4.79 Å². The summed E-state index contributed by atoms with van der Waals surface area (Å²) in [5, 5.41) is 11.4. The Kier molecular flexibility index (Phi) is 4.86. The van der Waals surface area contributed by atoms with Crippen LogP contribution in [0, 0.1) is 11.7 Å². The summed E-state index contributed by atoms with van der Waals surface area (Å²) in [5.74, 6) is -1.72. The van der Waals surface area contributed by atoms with E-state index in [4.69, 9.17) is 5.11 Å². The first kappa shape index (κ1) is 14.9. The van der Waals surface area contributed by atoms with Crippen molar-refractivity contribution < 1.29 is 19.1 Å². The van der Waals surface area contributed by atoms with E-state index in [-0.39, 0.29) is 5.92 Å². The van der Waals surface area contributed by atoms with E-state index < -0.39 is 23.9 Å². The molecule has 104 valence electrons. The first-order valence-corrected chi connectivity index (χ1v) is 5.85. The minimum atomic E-state index is -1.09. The number of hydrogen-bond donors (Lipinski definition) is 2. The SMILES string of the molecule is CC(C)C(NC(=O)N(C)c1ccc(F)cc1)C(=O)O. The molecule has 2 N–H and O–H groups in total. The van der Waals surface area contributed by atoms with Gasteiger partial charge in [-0.3, -0.25) is 4.90 Å². The summed E-state index contributed by atoms with van der Waals surface area (Å²) in [6, 6.07) is 3.84. The summed E-state index contributed by atoms with van der Waals surface area (Å²) >= 11 is 0. The van der Waals surface area contributed by atoms with Gasteiger partial charge in [-0.25, -0.2) is 14.0 Å². The number of anilines is 1. The smallest absolute Gasteiger partial charge is 0.326 e. The van der Waals surface area contributed by atoms with Crippen LogP contribution in [0.3, 0.4) is 0 Å². The number of carbonyl (C=O) groups is 2. The molecule has 0 aromatic heterocycles. The summed E-state index contributed by atoms with van der Waals surface area (Å²) in [5.41, 5.74) is 0.479. The Balaban J connectivity index is 2.77. The van der Waals surface area contributed by atoms with Crippen molar-refractivity contribution in [1.82, 2.24) is 5.32 Å². The average Bonchev–Trinajstić information content (AvgIpc) is 2.34. The number of urea groups is 1. The molecule has 0 saturated heterocycles. The quantitative estimate of drug-likeness (QED) is 0.878. The number of rotatable bonds is 4. The second kappa shape index (κ2) is 6.17. The van der Waals surface area contributed by atoms with Crippen molar-refractivity contribution >= 4 is 17.7 Å². The Morgan fingerprint density at radius 3 is 2.21 bits per heavy atom. The highest BCUT2D eigenvalue weighted by Crippen LogP contribution is 2.13. The average molecular weight is 268 g/mol. The summed E-state index contributed by atoms with van der Waals surface area (Å²) in [6.45, 7) is 3.41. The maximum atomic E-state index is 12.8. The third-order valence-corrected chi connectivity index (χ3v) is 2.73. The Labute approximate surface area is 111 Å². The highest BCUT2D eigenvalue weighted by Gasteiger charge is 2.25. The van der Waals surface area contributed by atoms with Gasteiger partial charge in [-0.15, -0.1) is 0 Å². The zero-order valence-electron chi connectivity index (χ0n) is 11.1. The molecule has 0 spiro atoms. The number of carbonyl (C=O) groups excluding carboxylic acids is 1. The fraction of sp³-hybridized carbons (Fsp3) is 0.385. The topological polar surface area (TPSA) is 69.6 Å². The normalized spacial score (nSPS) is 12.1. The van der Waals surface area contributed by atoms with Gasteiger partial charge in [0.05, 0.1) is 0 Å². The predicted molar refractivity (Wildman–Crippen MR) is 69.6 cm³/mol. The van der Waals surface area contributed by atoms with E-state index >= 15 is 0 Å². The van der Waals surface area contributed by atoms with Crippen molar-refractivity contribution in [3.8, 4) is 0 Å².